The lowest BCUT2D eigenvalue weighted by Gasteiger charge is -2.10. The zero-order valence-electron chi connectivity index (χ0n) is 9.91. The Hall–Kier alpha value is -1.55. The third kappa shape index (κ3) is 3.01. The van der Waals surface area contributed by atoms with Crippen LogP contribution < -0.4 is 10.5 Å². The van der Waals surface area contributed by atoms with Crippen molar-refractivity contribution in [2.75, 3.05) is 5.73 Å². The van der Waals surface area contributed by atoms with Crippen LogP contribution in [0.1, 0.15) is 11.1 Å². The summed E-state index contributed by atoms with van der Waals surface area (Å²) in [6.45, 7) is 2.33. The summed E-state index contributed by atoms with van der Waals surface area (Å²) in [5, 5.41) is 0. The van der Waals surface area contributed by atoms with Gasteiger partial charge in [-0.1, -0.05) is 6.07 Å². The zero-order valence-corrected chi connectivity index (χ0v) is 11.5. The van der Waals surface area contributed by atoms with Gasteiger partial charge in [0.1, 0.15) is 18.2 Å². The van der Waals surface area contributed by atoms with Crippen LogP contribution in [0, 0.1) is 12.7 Å². The molecular weight excluding hydrogens is 297 g/mol. The highest BCUT2D eigenvalue weighted by Crippen LogP contribution is 2.22. The third-order valence-corrected chi connectivity index (χ3v) is 3.19. The molecular formula is C14H13BrFNO. The van der Waals surface area contributed by atoms with Gasteiger partial charge < -0.3 is 10.5 Å². The Balaban J connectivity index is 2.09. The quantitative estimate of drug-likeness (QED) is 0.868. The minimum Gasteiger partial charge on any atom is -0.489 e. The minimum absolute atomic E-state index is 0.276. The summed E-state index contributed by atoms with van der Waals surface area (Å²) in [5.74, 6) is 0.507. The lowest BCUT2D eigenvalue weighted by Crippen LogP contribution is -1.98. The summed E-state index contributed by atoms with van der Waals surface area (Å²) < 4.78 is 19.2. The van der Waals surface area contributed by atoms with Gasteiger partial charge in [-0.3, -0.25) is 0 Å². The second-order valence-electron chi connectivity index (χ2n) is 4.06. The van der Waals surface area contributed by atoms with Crippen molar-refractivity contribution in [2.45, 2.75) is 13.5 Å². The van der Waals surface area contributed by atoms with Gasteiger partial charge in [0.2, 0.25) is 0 Å². The van der Waals surface area contributed by atoms with E-state index in [9.17, 15) is 4.39 Å². The molecule has 0 aromatic heterocycles. The summed E-state index contributed by atoms with van der Waals surface area (Å²) in [7, 11) is 0. The summed E-state index contributed by atoms with van der Waals surface area (Å²) in [6, 6.07) is 10.3. The van der Waals surface area contributed by atoms with Gasteiger partial charge in [0, 0.05) is 5.69 Å². The number of rotatable bonds is 3. The van der Waals surface area contributed by atoms with Crippen LogP contribution in [-0.4, -0.2) is 0 Å². The van der Waals surface area contributed by atoms with Crippen LogP contribution in [0.2, 0.25) is 0 Å². The van der Waals surface area contributed by atoms with Crippen LogP contribution in [-0.2, 0) is 6.61 Å². The second kappa shape index (κ2) is 5.40. The highest BCUT2D eigenvalue weighted by molar-refractivity contribution is 9.10. The van der Waals surface area contributed by atoms with Crippen LogP contribution in [0.15, 0.2) is 40.9 Å². The van der Waals surface area contributed by atoms with Crippen molar-refractivity contribution >= 4 is 21.6 Å². The molecule has 0 unspecified atom stereocenters. The highest BCUT2D eigenvalue weighted by Gasteiger charge is 2.03. The molecule has 0 heterocycles. The normalized spacial score (nSPS) is 10.4. The minimum atomic E-state index is -0.276. The first-order valence-electron chi connectivity index (χ1n) is 5.49. The van der Waals surface area contributed by atoms with E-state index in [0.717, 1.165) is 16.9 Å². The van der Waals surface area contributed by atoms with Crippen molar-refractivity contribution in [3.63, 3.8) is 0 Å². The average molecular weight is 310 g/mol. The van der Waals surface area contributed by atoms with Gasteiger partial charge in [0.05, 0.1) is 4.47 Å². The predicted molar refractivity (Wildman–Crippen MR) is 74.0 cm³/mol. The number of hydrogen-bond acceptors (Lipinski definition) is 2. The Morgan fingerprint density at radius 2 is 2.00 bits per heavy atom. The molecule has 0 aliphatic carbocycles. The van der Waals surface area contributed by atoms with E-state index in [4.69, 9.17) is 10.5 Å². The van der Waals surface area contributed by atoms with Gasteiger partial charge >= 0.3 is 0 Å². The molecule has 4 heteroatoms. The zero-order chi connectivity index (χ0) is 13.1. The van der Waals surface area contributed by atoms with Crippen molar-refractivity contribution in [3.05, 3.63) is 57.8 Å². The van der Waals surface area contributed by atoms with Gasteiger partial charge in [-0.05, 0) is 64.3 Å². The van der Waals surface area contributed by atoms with E-state index in [1.165, 1.54) is 6.07 Å². The Bertz CT molecular complexity index is 572. The molecule has 0 atom stereocenters. The van der Waals surface area contributed by atoms with E-state index in [1.807, 2.05) is 19.1 Å². The molecule has 2 nitrogen and oxygen atoms in total. The van der Waals surface area contributed by atoms with E-state index in [-0.39, 0.29) is 5.82 Å². The number of hydrogen-bond donors (Lipinski definition) is 1. The third-order valence-electron chi connectivity index (χ3n) is 2.58. The van der Waals surface area contributed by atoms with Crippen LogP contribution >= 0.6 is 15.9 Å². The SMILES string of the molecule is Cc1cc(N)ccc1OCc1ccc(F)c(Br)c1. The van der Waals surface area contributed by atoms with Gasteiger partial charge in [-0.2, -0.15) is 0 Å². The Morgan fingerprint density at radius 3 is 2.67 bits per heavy atom. The van der Waals surface area contributed by atoms with E-state index < -0.39 is 0 Å². The maximum absolute atomic E-state index is 13.1. The number of nitrogens with two attached hydrogens (primary N) is 1. The number of aryl methyl sites for hydroxylation is 1. The molecule has 0 amide bonds. The fourth-order valence-electron chi connectivity index (χ4n) is 1.63. The van der Waals surface area contributed by atoms with Crippen LogP contribution in [0.4, 0.5) is 10.1 Å². The standard InChI is InChI=1S/C14H13BrFNO/c1-9-6-11(17)3-5-14(9)18-8-10-2-4-13(16)12(15)7-10/h2-7H,8,17H2,1H3. The first-order valence-corrected chi connectivity index (χ1v) is 6.28. The Labute approximate surface area is 114 Å². The van der Waals surface area contributed by atoms with Gasteiger partial charge in [-0.15, -0.1) is 0 Å². The molecule has 0 saturated carbocycles. The summed E-state index contributed by atoms with van der Waals surface area (Å²) in [6.07, 6.45) is 0. The predicted octanol–water partition coefficient (Wildman–Crippen LogP) is 4.06. The molecule has 0 spiro atoms. The van der Waals surface area contributed by atoms with Gasteiger partial charge in [0.15, 0.2) is 0 Å². The maximum atomic E-state index is 13.1. The molecule has 0 radical (unpaired) electrons. The fraction of sp³-hybridized carbons (Fsp3) is 0.143. The molecule has 0 fully saturated rings. The summed E-state index contributed by atoms with van der Waals surface area (Å²) in [5.41, 5.74) is 8.27. The molecule has 0 aliphatic rings. The van der Waals surface area contributed by atoms with E-state index in [1.54, 1.807) is 18.2 Å². The number of anilines is 1. The van der Waals surface area contributed by atoms with E-state index in [0.29, 0.717) is 16.8 Å². The van der Waals surface area contributed by atoms with Crippen molar-refractivity contribution in [3.8, 4) is 5.75 Å². The molecule has 2 N–H and O–H groups in total. The smallest absolute Gasteiger partial charge is 0.137 e. The fourth-order valence-corrected chi connectivity index (χ4v) is 2.05. The monoisotopic (exact) mass is 309 g/mol. The maximum Gasteiger partial charge on any atom is 0.137 e. The van der Waals surface area contributed by atoms with Crippen molar-refractivity contribution in [1.82, 2.24) is 0 Å². The molecule has 2 aromatic rings. The van der Waals surface area contributed by atoms with Crippen LogP contribution in [0.3, 0.4) is 0 Å². The van der Waals surface area contributed by atoms with Crippen molar-refractivity contribution < 1.29 is 9.13 Å². The first-order chi connectivity index (χ1) is 8.56. The second-order valence-corrected chi connectivity index (χ2v) is 4.92. The lowest BCUT2D eigenvalue weighted by atomic mass is 10.2. The number of benzene rings is 2. The van der Waals surface area contributed by atoms with Crippen molar-refractivity contribution in [1.29, 1.82) is 0 Å². The van der Waals surface area contributed by atoms with Gasteiger partial charge in [-0.25, -0.2) is 4.39 Å². The summed E-state index contributed by atoms with van der Waals surface area (Å²) in [4.78, 5) is 0. The molecule has 0 bridgehead atoms. The van der Waals surface area contributed by atoms with E-state index in [2.05, 4.69) is 15.9 Å². The number of nitrogen functional groups attached to an aromatic ring is 1. The number of ether oxygens (including phenoxy) is 1. The highest BCUT2D eigenvalue weighted by atomic mass is 79.9. The molecule has 2 rings (SSSR count). The van der Waals surface area contributed by atoms with Crippen LogP contribution in [0.5, 0.6) is 5.75 Å². The molecule has 0 saturated heterocycles. The largest absolute Gasteiger partial charge is 0.489 e. The molecule has 18 heavy (non-hydrogen) atoms. The average Bonchev–Trinajstić information content (AvgIpc) is 2.32. The van der Waals surface area contributed by atoms with Crippen LogP contribution in [0.25, 0.3) is 0 Å². The molecule has 94 valence electrons. The molecule has 2 aromatic carbocycles. The van der Waals surface area contributed by atoms with E-state index >= 15 is 0 Å². The van der Waals surface area contributed by atoms with Crippen molar-refractivity contribution in [2.24, 2.45) is 0 Å². The topological polar surface area (TPSA) is 35.2 Å². The number of halogens is 2. The lowest BCUT2D eigenvalue weighted by molar-refractivity contribution is 0.304. The first kappa shape index (κ1) is 12.9. The summed E-state index contributed by atoms with van der Waals surface area (Å²) >= 11 is 3.15. The van der Waals surface area contributed by atoms with Gasteiger partial charge in [0.25, 0.3) is 0 Å². The Morgan fingerprint density at radius 1 is 1.22 bits per heavy atom. The Kier molecular flexibility index (Phi) is 3.87. The molecule has 0 aliphatic heterocycles.